The molecule has 5 atom stereocenters. The monoisotopic (exact) mass is 414 g/mol. The smallest absolute Gasteiger partial charge is 0.374 e. The Bertz CT molecular complexity index is 635. The third-order valence-corrected chi connectivity index (χ3v) is 5.39. The molecule has 0 saturated heterocycles. The number of hydrogen-bond donors (Lipinski definition) is 3. The first kappa shape index (κ1) is 25.3. The second-order valence-electron chi connectivity index (χ2n) is 7.79. The number of unbranched alkanes of at least 4 members (excludes halogenated alkanes) is 2. The van der Waals surface area contributed by atoms with Crippen LogP contribution in [0.15, 0.2) is 12.2 Å². The van der Waals surface area contributed by atoms with E-state index in [0.29, 0.717) is 25.7 Å². The van der Waals surface area contributed by atoms with Crippen molar-refractivity contribution < 1.29 is 33.7 Å². The molecule has 1 rings (SSSR count). The van der Waals surface area contributed by atoms with Gasteiger partial charge in [-0.15, -0.1) is 11.8 Å². The lowest BCUT2D eigenvalue weighted by atomic mass is 9.88. The first-order valence-electron chi connectivity index (χ1n) is 10.2. The molecule has 1 aliphatic rings. The van der Waals surface area contributed by atoms with Gasteiger partial charge in [-0.05, 0) is 18.8 Å². The van der Waals surface area contributed by atoms with Gasteiger partial charge in [0.2, 0.25) is 0 Å². The second-order valence-corrected chi connectivity index (χ2v) is 7.79. The van der Waals surface area contributed by atoms with Gasteiger partial charge in [0.1, 0.15) is 5.78 Å². The molecule has 0 radical (unpaired) electrons. The first-order chi connectivity index (χ1) is 13.6. The van der Waals surface area contributed by atoms with Crippen LogP contribution in [0.2, 0.25) is 0 Å². The number of carbonyl (C=O) groups excluding carboxylic acids is 1. The van der Waals surface area contributed by atoms with E-state index in [2.05, 4.69) is 11.8 Å². The highest BCUT2D eigenvalue weighted by Gasteiger charge is 2.40. The average Bonchev–Trinajstić information content (AvgIpc) is 2.92. The zero-order valence-electron chi connectivity index (χ0n) is 17.1. The van der Waals surface area contributed by atoms with Gasteiger partial charge in [-0.2, -0.15) is 8.78 Å². The summed E-state index contributed by atoms with van der Waals surface area (Å²) in [5, 5.41) is 28.8. The lowest BCUT2D eigenvalue weighted by Crippen LogP contribution is -2.27. The van der Waals surface area contributed by atoms with E-state index in [1.54, 1.807) is 12.2 Å². The van der Waals surface area contributed by atoms with Crippen molar-refractivity contribution in [2.24, 2.45) is 17.8 Å². The van der Waals surface area contributed by atoms with Crippen LogP contribution in [0.25, 0.3) is 0 Å². The number of carboxylic acids is 1. The van der Waals surface area contributed by atoms with Crippen molar-refractivity contribution >= 4 is 11.8 Å². The van der Waals surface area contributed by atoms with Gasteiger partial charge in [-0.1, -0.05) is 38.8 Å². The van der Waals surface area contributed by atoms with Crippen LogP contribution >= 0.6 is 0 Å². The molecule has 0 aliphatic heterocycles. The number of carboxylic acid groups (broad SMARTS) is 1. The fourth-order valence-corrected chi connectivity index (χ4v) is 3.50. The third kappa shape index (κ3) is 8.23. The SMILES string of the molecule is CCC#CCC(C)C(O)/C=C/[C@H]1[C@H](O)CC(=O)[C@@H]1CCCCCC(F)(F)C(=O)O. The maximum atomic E-state index is 13.1. The van der Waals surface area contributed by atoms with Crippen LogP contribution in [0, 0.1) is 29.6 Å². The van der Waals surface area contributed by atoms with Crippen molar-refractivity contribution in [1.82, 2.24) is 0 Å². The van der Waals surface area contributed by atoms with Gasteiger partial charge in [0.15, 0.2) is 0 Å². The van der Waals surface area contributed by atoms with Gasteiger partial charge in [0, 0.05) is 37.5 Å². The summed E-state index contributed by atoms with van der Waals surface area (Å²) in [6.45, 7) is 3.82. The van der Waals surface area contributed by atoms with E-state index in [9.17, 15) is 28.6 Å². The fourth-order valence-electron chi connectivity index (χ4n) is 3.50. The molecule has 0 bridgehead atoms. The molecular formula is C22H32F2O5. The lowest BCUT2D eigenvalue weighted by molar-refractivity contribution is -0.165. The maximum absolute atomic E-state index is 13.1. The fraction of sp³-hybridized carbons (Fsp3) is 0.727. The van der Waals surface area contributed by atoms with E-state index >= 15 is 0 Å². The molecule has 0 heterocycles. The van der Waals surface area contributed by atoms with Gasteiger partial charge < -0.3 is 15.3 Å². The molecular weight excluding hydrogens is 382 g/mol. The van der Waals surface area contributed by atoms with Crippen molar-refractivity contribution in [2.75, 3.05) is 0 Å². The predicted octanol–water partition coefficient (Wildman–Crippen LogP) is 3.58. The molecule has 0 aromatic heterocycles. The van der Waals surface area contributed by atoms with Crippen molar-refractivity contribution in [2.45, 2.75) is 83.3 Å². The van der Waals surface area contributed by atoms with E-state index < -0.39 is 42.4 Å². The lowest BCUT2D eigenvalue weighted by Gasteiger charge is -2.19. The zero-order chi connectivity index (χ0) is 22.0. The molecule has 7 heteroatoms. The quantitative estimate of drug-likeness (QED) is 0.273. The minimum absolute atomic E-state index is 0.0460. The normalized spacial score (nSPS) is 24.3. The van der Waals surface area contributed by atoms with Crippen molar-refractivity contribution in [3.05, 3.63) is 12.2 Å². The Hall–Kier alpha value is -1.78. The second kappa shape index (κ2) is 12.0. The number of carbonyl (C=O) groups is 2. The van der Waals surface area contributed by atoms with Crippen LogP contribution in [0.1, 0.15) is 65.2 Å². The number of rotatable bonds is 11. The van der Waals surface area contributed by atoms with Gasteiger partial charge in [0.05, 0.1) is 12.2 Å². The standard InChI is InChI=1S/C22H32F2O5/c1-3-4-6-9-15(2)18(25)12-11-17-16(19(26)14-20(17)27)10-7-5-8-13-22(23,24)21(28)29/h11-12,15-18,20,25,27H,3,5,7-10,13-14H2,1-2H3,(H,28,29)/b12-11+/t15?,16-,17-,18?,20-/m1/s1. The number of hydrogen-bond acceptors (Lipinski definition) is 4. The number of halogens is 2. The molecule has 0 aromatic rings. The van der Waals surface area contributed by atoms with Crippen molar-refractivity contribution in [3.63, 3.8) is 0 Å². The molecule has 1 saturated carbocycles. The number of Topliss-reactive ketones (excluding diaryl/α,β-unsaturated/α-hetero) is 1. The minimum atomic E-state index is -3.72. The Morgan fingerprint density at radius 1 is 1.31 bits per heavy atom. The van der Waals surface area contributed by atoms with Crippen LogP contribution in [0.5, 0.6) is 0 Å². The Morgan fingerprint density at radius 3 is 2.62 bits per heavy atom. The highest BCUT2D eigenvalue weighted by molar-refractivity contribution is 5.84. The Balaban J connectivity index is 2.54. The Morgan fingerprint density at radius 2 is 2.00 bits per heavy atom. The Kier molecular flexibility index (Phi) is 10.5. The summed E-state index contributed by atoms with van der Waals surface area (Å²) in [5.74, 6) is -0.874. The molecule has 2 unspecified atom stereocenters. The largest absolute Gasteiger partial charge is 0.477 e. The maximum Gasteiger partial charge on any atom is 0.374 e. The summed E-state index contributed by atoms with van der Waals surface area (Å²) in [7, 11) is 0. The van der Waals surface area contributed by atoms with E-state index in [-0.39, 0.29) is 24.5 Å². The van der Waals surface area contributed by atoms with Crippen LogP contribution in [0.4, 0.5) is 8.78 Å². The summed E-state index contributed by atoms with van der Waals surface area (Å²) in [6.07, 6.45) is 3.74. The number of aliphatic carboxylic acids is 1. The third-order valence-electron chi connectivity index (χ3n) is 5.39. The molecule has 1 fully saturated rings. The van der Waals surface area contributed by atoms with Gasteiger partial charge in [-0.3, -0.25) is 4.79 Å². The van der Waals surface area contributed by atoms with Crippen molar-refractivity contribution in [3.8, 4) is 11.8 Å². The van der Waals surface area contributed by atoms with Gasteiger partial charge >= 0.3 is 11.9 Å². The topological polar surface area (TPSA) is 94.8 Å². The Labute approximate surface area is 171 Å². The van der Waals surface area contributed by atoms with E-state index in [4.69, 9.17) is 5.11 Å². The molecule has 164 valence electrons. The van der Waals surface area contributed by atoms with Crippen LogP contribution in [-0.2, 0) is 9.59 Å². The van der Waals surface area contributed by atoms with E-state index in [1.165, 1.54) is 0 Å². The highest BCUT2D eigenvalue weighted by atomic mass is 19.3. The molecule has 5 nitrogen and oxygen atoms in total. The minimum Gasteiger partial charge on any atom is -0.477 e. The van der Waals surface area contributed by atoms with Crippen LogP contribution in [0.3, 0.4) is 0 Å². The zero-order valence-corrected chi connectivity index (χ0v) is 17.1. The number of aliphatic hydroxyl groups is 2. The van der Waals surface area contributed by atoms with Crippen LogP contribution in [-0.4, -0.2) is 45.2 Å². The van der Waals surface area contributed by atoms with E-state index in [1.807, 2.05) is 13.8 Å². The van der Waals surface area contributed by atoms with Crippen LogP contribution < -0.4 is 0 Å². The average molecular weight is 414 g/mol. The summed E-state index contributed by atoms with van der Waals surface area (Å²) < 4.78 is 26.1. The van der Waals surface area contributed by atoms with Gasteiger partial charge in [-0.25, -0.2) is 4.79 Å². The molecule has 0 spiro atoms. The molecule has 0 amide bonds. The molecule has 0 aromatic carbocycles. The summed E-state index contributed by atoms with van der Waals surface area (Å²) in [5.41, 5.74) is 0. The van der Waals surface area contributed by atoms with Crippen molar-refractivity contribution in [1.29, 1.82) is 0 Å². The summed E-state index contributed by atoms with van der Waals surface area (Å²) >= 11 is 0. The molecule has 3 N–H and O–H groups in total. The number of aliphatic hydroxyl groups excluding tert-OH is 2. The number of ketones is 1. The first-order valence-corrected chi connectivity index (χ1v) is 10.2. The summed E-state index contributed by atoms with van der Waals surface area (Å²) in [4.78, 5) is 22.6. The number of alkyl halides is 2. The van der Waals surface area contributed by atoms with E-state index in [0.717, 1.165) is 6.42 Å². The summed E-state index contributed by atoms with van der Waals surface area (Å²) in [6, 6.07) is 0. The molecule has 29 heavy (non-hydrogen) atoms. The predicted molar refractivity (Wildman–Crippen MR) is 105 cm³/mol. The molecule has 1 aliphatic carbocycles. The van der Waals surface area contributed by atoms with Gasteiger partial charge in [0.25, 0.3) is 0 Å². The highest BCUT2D eigenvalue weighted by Crippen LogP contribution is 2.35.